The number of rotatable bonds is 10. The molecule has 0 saturated carbocycles. The minimum Gasteiger partial charge on any atom is -0.482 e. The molecule has 1 aromatic carbocycles. The average molecular weight is 570 g/mol. The summed E-state index contributed by atoms with van der Waals surface area (Å²) in [5.74, 6) is -0.868. The number of carbonyl (C=O) groups excluding carboxylic acids is 1. The molecule has 1 aromatic rings. The Hall–Kier alpha value is -1.89. The third-order valence-corrected chi connectivity index (χ3v) is 10.6. The molecule has 38 heavy (non-hydrogen) atoms. The van der Waals surface area contributed by atoms with Gasteiger partial charge >= 0.3 is 11.9 Å². The van der Waals surface area contributed by atoms with Crippen molar-refractivity contribution in [3.05, 3.63) is 63.8 Å². The van der Waals surface area contributed by atoms with Crippen LogP contribution in [0.25, 0.3) is 0 Å². The summed E-state index contributed by atoms with van der Waals surface area (Å²) in [5.41, 5.74) is 3.39. The van der Waals surface area contributed by atoms with Gasteiger partial charge in [0, 0.05) is 36.7 Å². The number of carbonyl (C=O) groups is 1. The minimum absolute atomic E-state index is 0.101. The van der Waals surface area contributed by atoms with Crippen LogP contribution in [0.15, 0.2) is 52.7 Å². The van der Waals surface area contributed by atoms with Gasteiger partial charge in [-0.2, -0.15) is 13.2 Å². The largest absolute Gasteiger partial charge is 0.482 e. The Labute approximate surface area is 229 Å². The maximum Gasteiger partial charge on any atom is 0.407 e. The van der Waals surface area contributed by atoms with Crippen LogP contribution in [0.2, 0.25) is 0 Å². The van der Waals surface area contributed by atoms with E-state index in [1.165, 1.54) is 29.4 Å². The SMILES string of the molecule is CC/C=C(\SC(C)CN1CCc2ccc(OCC(=O)OCC)cc2C(C)C1)C1=CC=P(C)(C(F)(F)F)C=C1. The van der Waals surface area contributed by atoms with Gasteiger partial charge in [0.25, 0.3) is 0 Å². The number of fused-ring (bicyclic) bond motifs is 1. The van der Waals surface area contributed by atoms with E-state index >= 15 is 0 Å². The van der Waals surface area contributed by atoms with Gasteiger partial charge in [0.15, 0.2) is 6.61 Å². The number of hydrogen-bond acceptors (Lipinski definition) is 5. The van der Waals surface area contributed by atoms with Crippen molar-refractivity contribution in [1.29, 1.82) is 0 Å². The predicted molar refractivity (Wildman–Crippen MR) is 155 cm³/mol. The van der Waals surface area contributed by atoms with Gasteiger partial charge in [-0.3, -0.25) is 0 Å². The molecule has 9 heteroatoms. The summed E-state index contributed by atoms with van der Waals surface area (Å²) in [5, 5.41) is 0.268. The standard InChI is InChI=1S/C29H39F3NO3PS/c1-6-8-27(24-12-15-37(5,16-13-24)29(30,31)32)38-22(4)19-33-14-11-23-9-10-25(17-26(23)21(3)18-33)36-20-28(34)35-7-2/h8-10,12-13,15-17,21-22H,6-7,11,14,18-20H2,1-5H3/b27-8-. The smallest absolute Gasteiger partial charge is 0.407 e. The Balaban J connectivity index is 1.63. The van der Waals surface area contributed by atoms with Gasteiger partial charge in [-0.15, -0.1) is 11.8 Å². The van der Waals surface area contributed by atoms with Crippen LogP contribution in [0.5, 0.6) is 5.75 Å². The van der Waals surface area contributed by atoms with Gasteiger partial charge in [-0.05, 0) is 61.2 Å². The van der Waals surface area contributed by atoms with E-state index in [2.05, 4.69) is 30.9 Å². The van der Waals surface area contributed by atoms with E-state index < -0.39 is 12.8 Å². The monoisotopic (exact) mass is 569 g/mol. The van der Waals surface area contributed by atoms with Crippen LogP contribution in [0.3, 0.4) is 0 Å². The molecule has 3 rings (SSSR count). The second-order valence-corrected chi connectivity index (χ2v) is 14.9. The molecule has 0 aliphatic carbocycles. The van der Waals surface area contributed by atoms with Crippen LogP contribution in [0.1, 0.15) is 51.2 Å². The summed E-state index contributed by atoms with van der Waals surface area (Å²) in [6.45, 7) is 9.24. The molecule has 0 amide bonds. The molecule has 2 aliphatic rings. The zero-order valence-electron chi connectivity index (χ0n) is 22.9. The lowest BCUT2D eigenvalue weighted by Gasteiger charge is -2.27. The zero-order valence-corrected chi connectivity index (χ0v) is 24.6. The highest BCUT2D eigenvalue weighted by atomic mass is 32.2. The van der Waals surface area contributed by atoms with Crippen LogP contribution in [-0.4, -0.2) is 67.3 Å². The average Bonchev–Trinajstić information content (AvgIpc) is 3.00. The fourth-order valence-corrected chi connectivity index (χ4v) is 7.29. The van der Waals surface area contributed by atoms with Crippen LogP contribution in [0, 0.1) is 0 Å². The topological polar surface area (TPSA) is 38.8 Å². The van der Waals surface area contributed by atoms with Gasteiger partial charge < -0.3 is 14.4 Å². The lowest BCUT2D eigenvalue weighted by Crippen LogP contribution is -2.33. The molecule has 4 nitrogen and oxygen atoms in total. The van der Waals surface area contributed by atoms with Crippen molar-refractivity contribution in [3.63, 3.8) is 0 Å². The van der Waals surface area contributed by atoms with Gasteiger partial charge in [0.2, 0.25) is 0 Å². The molecule has 0 radical (unpaired) electrons. The number of ether oxygens (including phenoxy) is 2. The van der Waals surface area contributed by atoms with Crippen LogP contribution in [-0.2, 0) is 16.0 Å². The van der Waals surface area contributed by atoms with E-state index in [1.54, 1.807) is 30.8 Å². The van der Waals surface area contributed by atoms with E-state index in [-0.39, 0.29) is 17.8 Å². The summed E-state index contributed by atoms with van der Waals surface area (Å²) in [6, 6.07) is 6.04. The number of allylic oxidation sites excluding steroid dienone is 4. The van der Waals surface area contributed by atoms with Gasteiger partial charge in [-0.25, -0.2) is 4.79 Å². The second kappa shape index (κ2) is 13.5. The highest BCUT2D eigenvalue weighted by molar-refractivity contribution is 8.03. The molecule has 0 fully saturated rings. The lowest BCUT2D eigenvalue weighted by molar-refractivity contribution is -0.145. The highest BCUT2D eigenvalue weighted by Crippen LogP contribution is 2.61. The Morgan fingerprint density at radius 1 is 1.32 bits per heavy atom. The second-order valence-electron chi connectivity index (χ2n) is 9.97. The summed E-state index contributed by atoms with van der Waals surface area (Å²) >= 11 is 1.73. The van der Waals surface area contributed by atoms with E-state index in [0.29, 0.717) is 18.3 Å². The van der Waals surface area contributed by atoms with Crippen molar-refractivity contribution >= 4 is 30.4 Å². The first kappa shape index (κ1) is 30.6. The van der Waals surface area contributed by atoms with Gasteiger partial charge in [-0.1, -0.05) is 56.7 Å². The number of nitrogens with zero attached hydrogens (tertiary/aromatic N) is 1. The molecule has 3 unspecified atom stereocenters. The summed E-state index contributed by atoms with van der Waals surface area (Å²) < 4.78 is 50.9. The van der Waals surface area contributed by atoms with Crippen LogP contribution in [0.4, 0.5) is 13.2 Å². The molecular formula is C29H39F3NO3PS. The predicted octanol–water partition coefficient (Wildman–Crippen LogP) is 7.43. The maximum absolute atomic E-state index is 13.4. The van der Waals surface area contributed by atoms with Crippen molar-refractivity contribution in [2.75, 3.05) is 39.5 Å². The molecule has 0 spiro atoms. The van der Waals surface area contributed by atoms with E-state index in [0.717, 1.165) is 43.0 Å². The van der Waals surface area contributed by atoms with Crippen molar-refractivity contribution in [2.24, 2.45) is 0 Å². The fourth-order valence-electron chi connectivity index (χ4n) is 4.66. The Morgan fingerprint density at radius 2 is 2.08 bits per heavy atom. The molecule has 0 saturated heterocycles. The summed E-state index contributed by atoms with van der Waals surface area (Å²) in [6.07, 6.45) is 7.18. The Bertz CT molecular complexity index is 1140. The molecule has 0 N–H and O–H groups in total. The first-order chi connectivity index (χ1) is 18.0. The quantitative estimate of drug-likeness (QED) is 0.217. The molecule has 2 aliphatic heterocycles. The number of halogens is 3. The number of benzene rings is 1. The Kier molecular flexibility index (Phi) is 10.8. The van der Waals surface area contributed by atoms with Crippen molar-refractivity contribution in [1.82, 2.24) is 4.90 Å². The number of hydrogen-bond donors (Lipinski definition) is 0. The molecule has 0 bridgehead atoms. The van der Waals surface area contributed by atoms with E-state index in [1.807, 2.05) is 19.1 Å². The van der Waals surface area contributed by atoms with Crippen LogP contribution < -0.4 is 4.74 Å². The number of thioether (sulfide) groups is 1. The van der Waals surface area contributed by atoms with Crippen LogP contribution >= 0.6 is 18.6 Å². The minimum atomic E-state index is -4.20. The van der Waals surface area contributed by atoms with E-state index in [4.69, 9.17) is 9.47 Å². The normalized spacial score (nSPS) is 23.1. The molecule has 0 aromatic heterocycles. The molecule has 3 atom stereocenters. The van der Waals surface area contributed by atoms with E-state index in [9.17, 15) is 18.0 Å². The fraction of sp³-hybridized carbons (Fsp3) is 0.517. The molecule has 2 heterocycles. The van der Waals surface area contributed by atoms with Crippen molar-refractivity contribution in [3.8, 4) is 5.75 Å². The first-order valence-electron chi connectivity index (χ1n) is 13.1. The molecular weight excluding hydrogens is 530 g/mol. The third-order valence-electron chi connectivity index (χ3n) is 6.73. The maximum atomic E-state index is 13.4. The van der Waals surface area contributed by atoms with Crippen molar-refractivity contribution < 1.29 is 27.4 Å². The third kappa shape index (κ3) is 8.06. The van der Waals surface area contributed by atoms with Gasteiger partial charge in [0.05, 0.1) is 6.61 Å². The Morgan fingerprint density at radius 3 is 2.71 bits per heavy atom. The number of esters is 1. The molecule has 210 valence electrons. The first-order valence-corrected chi connectivity index (χ1v) is 16.4. The summed E-state index contributed by atoms with van der Waals surface area (Å²) in [4.78, 5) is 15.1. The lowest BCUT2D eigenvalue weighted by atomic mass is 9.95. The number of alkyl halides is 3. The summed E-state index contributed by atoms with van der Waals surface area (Å²) in [7, 11) is 0. The van der Waals surface area contributed by atoms with Crippen molar-refractivity contribution in [2.45, 2.75) is 57.6 Å². The highest BCUT2D eigenvalue weighted by Gasteiger charge is 2.40. The van der Waals surface area contributed by atoms with Gasteiger partial charge in [0.1, 0.15) is 5.75 Å². The zero-order chi connectivity index (χ0) is 27.9.